The third-order valence-corrected chi connectivity index (χ3v) is 1.55. The van der Waals surface area contributed by atoms with Gasteiger partial charge in [-0.2, -0.15) is 0 Å². The van der Waals surface area contributed by atoms with Crippen molar-refractivity contribution in [1.82, 2.24) is 4.90 Å². The van der Waals surface area contributed by atoms with Crippen molar-refractivity contribution in [3.63, 3.8) is 0 Å². The number of nitrogens with two attached hydrogens (primary N) is 1. The van der Waals surface area contributed by atoms with Crippen LogP contribution in [0.1, 0.15) is 6.92 Å². The molecule has 0 fully saturated rings. The number of ether oxygens (including phenoxy) is 1. The first-order chi connectivity index (χ1) is 5.70. The van der Waals surface area contributed by atoms with Crippen molar-refractivity contribution < 1.29 is 4.74 Å². The Hall–Kier alpha value is -0.380. The van der Waals surface area contributed by atoms with Crippen molar-refractivity contribution >= 4 is 0 Å². The van der Waals surface area contributed by atoms with Crippen LogP contribution in [0.15, 0.2) is 12.7 Å². The molecule has 72 valence electrons. The van der Waals surface area contributed by atoms with Crippen molar-refractivity contribution in [3.8, 4) is 0 Å². The Morgan fingerprint density at radius 2 is 2.33 bits per heavy atom. The van der Waals surface area contributed by atoms with E-state index in [0.717, 1.165) is 26.2 Å². The lowest BCUT2D eigenvalue weighted by Crippen LogP contribution is -2.37. The average molecular weight is 172 g/mol. The maximum Gasteiger partial charge on any atom is 0.0589 e. The monoisotopic (exact) mass is 172 g/mol. The third-order valence-electron chi connectivity index (χ3n) is 1.55. The van der Waals surface area contributed by atoms with Crippen molar-refractivity contribution in [1.29, 1.82) is 0 Å². The molecular formula is C9H20N2O. The molecule has 1 atom stereocenters. The first-order valence-electron chi connectivity index (χ1n) is 4.28. The van der Waals surface area contributed by atoms with Gasteiger partial charge in [0.1, 0.15) is 0 Å². The van der Waals surface area contributed by atoms with Gasteiger partial charge in [0.2, 0.25) is 0 Å². The zero-order valence-corrected chi connectivity index (χ0v) is 8.12. The van der Waals surface area contributed by atoms with Crippen molar-refractivity contribution in [2.75, 3.05) is 33.4 Å². The van der Waals surface area contributed by atoms with Gasteiger partial charge >= 0.3 is 0 Å². The molecule has 0 aromatic rings. The number of methoxy groups -OCH3 is 1. The minimum absolute atomic E-state index is 0.210. The molecule has 0 aliphatic carbocycles. The molecule has 0 rings (SSSR count). The molecule has 0 spiro atoms. The molecule has 0 amide bonds. The summed E-state index contributed by atoms with van der Waals surface area (Å²) >= 11 is 0. The molecule has 0 aliphatic rings. The standard InChI is InChI=1S/C9H20N2O/c1-4-5-11(6-7-12-3)8-9(2)10/h4,9H,1,5-8,10H2,2-3H3. The zero-order chi connectivity index (χ0) is 9.40. The molecule has 3 heteroatoms. The second-order valence-corrected chi connectivity index (χ2v) is 3.02. The molecule has 0 aromatic heterocycles. The quantitative estimate of drug-likeness (QED) is 0.567. The fraction of sp³-hybridized carbons (Fsp3) is 0.778. The minimum atomic E-state index is 0.210. The van der Waals surface area contributed by atoms with E-state index in [1.54, 1.807) is 7.11 Å². The largest absolute Gasteiger partial charge is 0.383 e. The van der Waals surface area contributed by atoms with E-state index in [1.165, 1.54) is 0 Å². The van der Waals surface area contributed by atoms with Crippen LogP contribution in [-0.2, 0) is 4.74 Å². The van der Waals surface area contributed by atoms with Crippen LogP contribution in [-0.4, -0.2) is 44.3 Å². The molecule has 0 heterocycles. The maximum atomic E-state index is 5.68. The van der Waals surface area contributed by atoms with Crippen LogP contribution in [0.4, 0.5) is 0 Å². The van der Waals surface area contributed by atoms with Gasteiger partial charge in [-0.1, -0.05) is 6.08 Å². The number of hydrogen-bond acceptors (Lipinski definition) is 3. The van der Waals surface area contributed by atoms with Crippen LogP contribution >= 0.6 is 0 Å². The van der Waals surface area contributed by atoms with Crippen LogP contribution < -0.4 is 5.73 Å². The van der Waals surface area contributed by atoms with Crippen molar-refractivity contribution in [3.05, 3.63) is 12.7 Å². The number of rotatable bonds is 7. The number of hydrogen-bond donors (Lipinski definition) is 1. The summed E-state index contributed by atoms with van der Waals surface area (Å²) in [6.45, 7) is 9.14. The molecular weight excluding hydrogens is 152 g/mol. The summed E-state index contributed by atoms with van der Waals surface area (Å²) in [4.78, 5) is 2.22. The molecule has 12 heavy (non-hydrogen) atoms. The molecule has 3 nitrogen and oxygen atoms in total. The third kappa shape index (κ3) is 6.34. The maximum absolute atomic E-state index is 5.68. The second-order valence-electron chi connectivity index (χ2n) is 3.02. The summed E-state index contributed by atoms with van der Waals surface area (Å²) in [7, 11) is 1.71. The SMILES string of the molecule is C=CCN(CCOC)CC(C)N. The molecule has 0 aliphatic heterocycles. The fourth-order valence-electron chi connectivity index (χ4n) is 1.07. The molecule has 0 bridgehead atoms. The predicted octanol–water partition coefficient (Wildman–Crippen LogP) is 0.468. The van der Waals surface area contributed by atoms with Gasteiger partial charge in [0.05, 0.1) is 6.61 Å². The van der Waals surface area contributed by atoms with Gasteiger partial charge in [-0.3, -0.25) is 4.90 Å². The Balaban J connectivity index is 3.61. The van der Waals surface area contributed by atoms with E-state index in [1.807, 2.05) is 13.0 Å². The van der Waals surface area contributed by atoms with E-state index in [-0.39, 0.29) is 6.04 Å². The van der Waals surface area contributed by atoms with Gasteiger partial charge in [0, 0.05) is 32.8 Å². The van der Waals surface area contributed by atoms with Gasteiger partial charge in [-0.25, -0.2) is 0 Å². The first-order valence-corrected chi connectivity index (χ1v) is 4.28. The van der Waals surface area contributed by atoms with Crippen molar-refractivity contribution in [2.45, 2.75) is 13.0 Å². The van der Waals surface area contributed by atoms with Crippen molar-refractivity contribution in [2.24, 2.45) is 5.73 Å². The van der Waals surface area contributed by atoms with Crippen LogP contribution in [0.5, 0.6) is 0 Å². The lowest BCUT2D eigenvalue weighted by Gasteiger charge is -2.21. The van der Waals surface area contributed by atoms with E-state index >= 15 is 0 Å². The Bertz CT molecular complexity index is 115. The smallest absolute Gasteiger partial charge is 0.0589 e. The molecule has 1 unspecified atom stereocenters. The molecule has 0 saturated heterocycles. The Kier molecular flexibility index (Phi) is 7.05. The van der Waals surface area contributed by atoms with E-state index in [4.69, 9.17) is 10.5 Å². The van der Waals surface area contributed by atoms with Gasteiger partial charge in [0.25, 0.3) is 0 Å². The lowest BCUT2D eigenvalue weighted by atomic mass is 10.3. The average Bonchev–Trinajstić information content (AvgIpc) is 2.00. The first kappa shape index (κ1) is 11.6. The van der Waals surface area contributed by atoms with E-state index in [2.05, 4.69) is 11.5 Å². The van der Waals surface area contributed by atoms with Gasteiger partial charge in [-0.05, 0) is 6.92 Å². The second kappa shape index (κ2) is 7.28. The highest BCUT2D eigenvalue weighted by Crippen LogP contribution is 1.90. The highest BCUT2D eigenvalue weighted by molar-refractivity contribution is 4.75. The highest BCUT2D eigenvalue weighted by Gasteiger charge is 2.04. The Morgan fingerprint density at radius 3 is 2.75 bits per heavy atom. The normalized spacial score (nSPS) is 13.3. The fourth-order valence-corrected chi connectivity index (χ4v) is 1.07. The Labute approximate surface area is 75.2 Å². The van der Waals surface area contributed by atoms with Crippen LogP contribution in [0.2, 0.25) is 0 Å². The predicted molar refractivity (Wildman–Crippen MR) is 52.2 cm³/mol. The minimum Gasteiger partial charge on any atom is -0.383 e. The van der Waals surface area contributed by atoms with E-state index < -0.39 is 0 Å². The van der Waals surface area contributed by atoms with Crippen LogP contribution in [0.3, 0.4) is 0 Å². The number of nitrogens with zero attached hydrogens (tertiary/aromatic N) is 1. The summed E-state index contributed by atoms with van der Waals surface area (Å²) < 4.78 is 4.98. The molecule has 2 N–H and O–H groups in total. The molecule has 0 saturated carbocycles. The Morgan fingerprint density at radius 1 is 1.67 bits per heavy atom. The summed E-state index contributed by atoms with van der Waals surface area (Å²) in [6.07, 6.45) is 1.89. The lowest BCUT2D eigenvalue weighted by molar-refractivity contribution is 0.151. The summed E-state index contributed by atoms with van der Waals surface area (Å²) in [5.74, 6) is 0. The molecule has 0 radical (unpaired) electrons. The van der Waals surface area contributed by atoms with Crippen LogP contribution in [0, 0.1) is 0 Å². The van der Waals surface area contributed by atoms with Gasteiger partial charge < -0.3 is 10.5 Å². The summed E-state index contributed by atoms with van der Waals surface area (Å²) in [5, 5.41) is 0. The van der Waals surface area contributed by atoms with E-state index in [0.29, 0.717) is 0 Å². The highest BCUT2D eigenvalue weighted by atomic mass is 16.5. The van der Waals surface area contributed by atoms with Crippen LogP contribution in [0.25, 0.3) is 0 Å². The van der Waals surface area contributed by atoms with Gasteiger partial charge in [-0.15, -0.1) is 6.58 Å². The zero-order valence-electron chi connectivity index (χ0n) is 8.12. The van der Waals surface area contributed by atoms with E-state index in [9.17, 15) is 0 Å². The van der Waals surface area contributed by atoms with Gasteiger partial charge in [0.15, 0.2) is 0 Å². The summed E-state index contributed by atoms with van der Waals surface area (Å²) in [5.41, 5.74) is 5.68. The topological polar surface area (TPSA) is 38.5 Å². The summed E-state index contributed by atoms with van der Waals surface area (Å²) in [6, 6.07) is 0.210. The molecule has 0 aromatic carbocycles.